The molecule has 3 aromatic rings. The molecule has 0 fully saturated rings. The van der Waals surface area contributed by atoms with Crippen molar-refractivity contribution in [2.45, 2.75) is 31.3 Å². The van der Waals surface area contributed by atoms with Crippen molar-refractivity contribution in [2.75, 3.05) is 0 Å². The number of H-pyrrole nitrogens is 1. The normalized spacial score (nSPS) is 12.9. The molecule has 0 radical (unpaired) electrons. The Morgan fingerprint density at radius 2 is 1.63 bits per heavy atom. The van der Waals surface area contributed by atoms with E-state index in [4.69, 9.17) is 16.7 Å². The minimum Gasteiger partial charge on any atom is -0.387 e. The number of nitrogens with one attached hydrogen (secondary N) is 1. The third-order valence-corrected chi connectivity index (χ3v) is 5.78. The van der Waals surface area contributed by atoms with Gasteiger partial charge in [0.1, 0.15) is 0 Å². The SMILES string of the molecule is CCC(O)c1[nH]c(-c2ccc(Cl)cc2)c(C)c1-c1ccc(S(N)(=O)=O)cc1. The maximum Gasteiger partial charge on any atom is 0.238 e. The summed E-state index contributed by atoms with van der Waals surface area (Å²) >= 11 is 5.99. The Labute approximate surface area is 163 Å². The Kier molecular flexibility index (Phi) is 5.44. The average molecular weight is 405 g/mol. The van der Waals surface area contributed by atoms with E-state index in [1.807, 2.05) is 38.1 Å². The van der Waals surface area contributed by atoms with Gasteiger partial charge in [-0.15, -0.1) is 0 Å². The molecule has 0 bridgehead atoms. The molecule has 1 atom stereocenters. The highest BCUT2D eigenvalue weighted by atomic mass is 35.5. The summed E-state index contributed by atoms with van der Waals surface area (Å²) in [6, 6.07) is 13.8. The number of halogens is 1. The number of benzene rings is 2. The van der Waals surface area contributed by atoms with E-state index < -0.39 is 16.1 Å². The molecule has 27 heavy (non-hydrogen) atoms. The fourth-order valence-corrected chi connectivity index (χ4v) is 3.80. The summed E-state index contributed by atoms with van der Waals surface area (Å²) in [5.41, 5.74) is 5.16. The van der Waals surface area contributed by atoms with Crippen LogP contribution in [0.25, 0.3) is 22.4 Å². The lowest BCUT2D eigenvalue weighted by molar-refractivity contribution is 0.170. The van der Waals surface area contributed by atoms with Crippen molar-refractivity contribution in [2.24, 2.45) is 5.14 Å². The van der Waals surface area contributed by atoms with Gasteiger partial charge in [-0.05, 0) is 54.3 Å². The lowest BCUT2D eigenvalue weighted by Crippen LogP contribution is -2.11. The van der Waals surface area contributed by atoms with Crippen LogP contribution in [0.5, 0.6) is 0 Å². The molecule has 1 aromatic heterocycles. The van der Waals surface area contributed by atoms with Gasteiger partial charge in [0, 0.05) is 16.3 Å². The Bertz CT molecular complexity index is 1060. The van der Waals surface area contributed by atoms with Gasteiger partial charge in [-0.1, -0.05) is 42.8 Å². The number of aromatic amines is 1. The first-order valence-corrected chi connectivity index (χ1v) is 10.4. The summed E-state index contributed by atoms with van der Waals surface area (Å²) < 4.78 is 23.0. The molecule has 5 nitrogen and oxygen atoms in total. The molecule has 0 spiro atoms. The van der Waals surface area contributed by atoms with Gasteiger partial charge in [0.25, 0.3) is 0 Å². The molecule has 7 heteroatoms. The average Bonchev–Trinajstić information content (AvgIpc) is 2.98. The molecule has 1 heterocycles. The fourth-order valence-electron chi connectivity index (χ4n) is 3.16. The van der Waals surface area contributed by atoms with Crippen molar-refractivity contribution < 1.29 is 13.5 Å². The summed E-state index contributed by atoms with van der Waals surface area (Å²) in [6.07, 6.45) is -0.125. The van der Waals surface area contributed by atoms with Crippen molar-refractivity contribution in [3.8, 4) is 22.4 Å². The molecule has 0 aliphatic carbocycles. The van der Waals surface area contributed by atoms with E-state index >= 15 is 0 Å². The van der Waals surface area contributed by atoms with E-state index in [2.05, 4.69) is 4.98 Å². The predicted molar refractivity (Wildman–Crippen MR) is 108 cm³/mol. The van der Waals surface area contributed by atoms with E-state index in [0.717, 1.165) is 27.9 Å². The minimum absolute atomic E-state index is 0.0509. The maximum atomic E-state index is 11.5. The van der Waals surface area contributed by atoms with Crippen molar-refractivity contribution in [3.05, 3.63) is 64.8 Å². The molecule has 0 saturated heterocycles. The van der Waals surface area contributed by atoms with Crippen LogP contribution >= 0.6 is 11.6 Å². The largest absolute Gasteiger partial charge is 0.387 e. The summed E-state index contributed by atoms with van der Waals surface area (Å²) in [5, 5.41) is 16.3. The summed E-state index contributed by atoms with van der Waals surface area (Å²) in [4.78, 5) is 3.39. The van der Waals surface area contributed by atoms with Gasteiger partial charge in [0.2, 0.25) is 10.0 Å². The van der Waals surface area contributed by atoms with Crippen molar-refractivity contribution in [1.82, 2.24) is 4.98 Å². The Morgan fingerprint density at radius 1 is 1.07 bits per heavy atom. The lowest BCUT2D eigenvalue weighted by atomic mass is 9.97. The van der Waals surface area contributed by atoms with Gasteiger partial charge in [0.15, 0.2) is 0 Å². The molecule has 0 aliphatic rings. The smallest absolute Gasteiger partial charge is 0.238 e. The quantitative estimate of drug-likeness (QED) is 0.587. The highest BCUT2D eigenvalue weighted by molar-refractivity contribution is 7.89. The third-order valence-electron chi connectivity index (χ3n) is 4.60. The number of aromatic nitrogens is 1. The van der Waals surface area contributed by atoms with Gasteiger partial charge in [-0.3, -0.25) is 0 Å². The molecule has 0 aliphatic heterocycles. The molecule has 1 unspecified atom stereocenters. The van der Waals surface area contributed by atoms with Crippen LogP contribution in [0.15, 0.2) is 53.4 Å². The number of hydrogen-bond acceptors (Lipinski definition) is 3. The van der Waals surface area contributed by atoms with Gasteiger partial charge < -0.3 is 10.1 Å². The monoisotopic (exact) mass is 404 g/mol. The summed E-state index contributed by atoms with van der Waals surface area (Å²) in [5.74, 6) is 0. The first kappa shape index (κ1) is 19.6. The second kappa shape index (κ2) is 7.48. The third kappa shape index (κ3) is 3.94. The molecule has 4 N–H and O–H groups in total. The number of rotatable bonds is 5. The number of primary sulfonamides is 1. The Morgan fingerprint density at radius 3 is 2.15 bits per heavy atom. The Balaban J connectivity index is 2.17. The van der Waals surface area contributed by atoms with Crippen LogP contribution in [-0.4, -0.2) is 18.5 Å². The van der Waals surface area contributed by atoms with E-state index in [1.54, 1.807) is 12.1 Å². The molecule has 2 aromatic carbocycles. The number of hydrogen-bond donors (Lipinski definition) is 3. The standard InChI is InChI=1S/C20H21ClN2O3S/c1-3-17(24)20-18(13-6-10-16(11-7-13)27(22,25)26)12(2)19(23-20)14-4-8-15(21)9-5-14/h4-11,17,23-24H,3H2,1-2H3,(H2,22,25,26). The number of aliphatic hydroxyl groups is 1. The number of aliphatic hydroxyl groups excluding tert-OH is 1. The van der Waals surface area contributed by atoms with Crippen LogP contribution < -0.4 is 5.14 Å². The zero-order valence-corrected chi connectivity index (χ0v) is 16.6. The zero-order chi connectivity index (χ0) is 19.8. The fraction of sp³-hybridized carbons (Fsp3) is 0.200. The molecule has 142 valence electrons. The van der Waals surface area contributed by atoms with Crippen LogP contribution in [0, 0.1) is 6.92 Å². The number of sulfonamides is 1. The highest BCUT2D eigenvalue weighted by Crippen LogP contribution is 2.38. The maximum absolute atomic E-state index is 11.5. The van der Waals surface area contributed by atoms with Crippen LogP contribution in [-0.2, 0) is 10.0 Å². The van der Waals surface area contributed by atoms with Crippen molar-refractivity contribution in [1.29, 1.82) is 0 Å². The highest BCUT2D eigenvalue weighted by Gasteiger charge is 2.21. The topological polar surface area (TPSA) is 96.2 Å². The molecule has 0 amide bonds. The van der Waals surface area contributed by atoms with E-state index in [-0.39, 0.29) is 4.90 Å². The van der Waals surface area contributed by atoms with Crippen molar-refractivity contribution >= 4 is 21.6 Å². The molecule has 0 saturated carbocycles. The molecular formula is C20H21ClN2O3S. The van der Waals surface area contributed by atoms with Gasteiger partial charge in [0.05, 0.1) is 16.7 Å². The Hall–Kier alpha value is -2.12. The van der Waals surface area contributed by atoms with Crippen molar-refractivity contribution in [3.63, 3.8) is 0 Å². The molecule has 3 rings (SSSR count). The van der Waals surface area contributed by atoms with Crippen LogP contribution in [0.2, 0.25) is 5.02 Å². The van der Waals surface area contributed by atoms with Crippen LogP contribution in [0.1, 0.15) is 30.7 Å². The minimum atomic E-state index is -3.75. The van der Waals surface area contributed by atoms with E-state index in [9.17, 15) is 13.5 Å². The van der Waals surface area contributed by atoms with E-state index in [1.165, 1.54) is 12.1 Å². The van der Waals surface area contributed by atoms with Crippen LogP contribution in [0.3, 0.4) is 0 Å². The number of nitrogens with two attached hydrogens (primary N) is 1. The zero-order valence-electron chi connectivity index (χ0n) is 15.0. The second-order valence-corrected chi connectivity index (χ2v) is 8.41. The lowest BCUT2D eigenvalue weighted by Gasteiger charge is -2.11. The summed E-state index contributed by atoms with van der Waals surface area (Å²) in [6.45, 7) is 3.87. The first-order valence-electron chi connectivity index (χ1n) is 8.52. The van der Waals surface area contributed by atoms with Gasteiger partial charge in [-0.25, -0.2) is 13.6 Å². The van der Waals surface area contributed by atoms with Gasteiger partial charge in [-0.2, -0.15) is 0 Å². The predicted octanol–water partition coefficient (Wildman–Crippen LogP) is 4.40. The second-order valence-electron chi connectivity index (χ2n) is 6.41. The molecular weight excluding hydrogens is 384 g/mol. The van der Waals surface area contributed by atoms with E-state index in [0.29, 0.717) is 17.1 Å². The first-order chi connectivity index (χ1) is 12.7. The van der Waals surface area contributed by atoms with Crippen LogP contribution in [0.4, 0.5) is 0 Å². The van der Waals surface area contributed by atoms with Gasteiger partial charge >= 0.3 is 0 Å². The summed E-state index contributed by atoms with van der Waals surface area (Å²) in [7, 11) is -3.75.